The summed E-state index contributed by atoms with van der Waals surface area (Å²) in [5.74, 6) is 1.06. The first-order valence-electron chi connectivity index (χ1n) is 22.8. The average molecular weight is 882 g/mol. The lowest BCUT2D eigenvalue weighted by atomic mass is 9.63. The van der Waals surface area contributed by atoms with Crippen LogP contribution < -0.4 is 26.4 Å². The third-order valence-electron chi connectivity index (χ3n) is 15.0. The third-order valence-corrected chi connectivity index (χ3v) is 17.4. The Balaban J connectivity index is 0.717. The van der Waals surface area contributed by atoms with Crippen LogP contribution in [0.2, 0.25) is 5.02 Å². The highest BCUT2D eigenvalue weighted by atomic mass is 35.5. The van der Waals surface area contributed by atoms with Gasteiger partial charge in [0.05, 0.1) is 10.1 Å². The van der Waals surface area contributed by atoms with E-state index in [-0.39, 0.29) is 45.1 Å². The second kappa shape index (κ2) is 16.5. The Hall–Kier alpha value is -4.53. The highest BCUT2D eigenvalue weighted by molar-refractivity contribution is 7.92. The molecule has 4 aromatic rings. The molecule has 10 rings (SSSR count). The molecule has 3 aliphatic carbocycles. The summed E-state index contributed by atoms with van der Waals surface area (Å²) < 4.78 is 29.6. The highest BCUT2D eigenvalue weighted by Crippen LogP contribution is 2.53. The molecule has 1 spiro atoms. The number of nitrogens with one attached hydrogen (secondary N) is 3. The SMILES string of the molecule is Cc1cc(S(=O)(=O)C2CC3(CCN(CC4CCN(c5cccc(NC6CCC(=O)NC6=O)c5C5CC5)CC4)CC3)C2)ccc1Nc1ncc2cc(Cl)c(=O)n(C3CCCC3)c2n1. The molecule has 328 valence electrons. The summed E-state index contributed by atoms with van der Waals surface area (Å²) in [6.07, 6.45) is 14.6. The summed E-state index contributed by atoms with van der Waals surface area (Å²) in [4.78, 5) is 52.1. The fourth-order valence-electron chi connectivity index (χ4n) is 11.2. The third kappa shape index (κ3) is 8.11. The van der Waals surface area contributed by atoms with Crippen molar-refractivity contribution in [2.75, 3.05) is 48.3 Å². The lowest BCUT2D eigenvalue weighted by molar-refractivity contribution is -0.133. The van der Waals surface area contributed by atoms with Gasteiger partial charge in [-0.2, -0.15) is 4.98 Å². The number of imide groups is 1. The number of hydrogen-bond donors (Lipinski definition) is 3. The number of piperidine rings is 3. The molecule has 3 aliphatic heterocycles. The van der Waals surface area contributed by atoms with E-state index in [9.17, 15) is 22.8 Å². The zero-order chi connectivity index (χ0) is 42.8. The Morgan fingerprint density at radius 2 is 1.66 bits per heavy atom. The van der Waals surface area contributed by atoms with Gasteiger partial charge in [0.15, 0.2) is 9.84 Å². The van der Waals surface area contributed by atoms with E-state index in [1.165, 1.54) is 24.1 Å². The minimum atomic E-state index is -3.49. The molecule has 2 aromatic carbocycles. The van der Waals surface area contributed by atoms with Crippen molar-refractivity contribution in [3.05, 3.63) is 75.2 Å². The predicted molar refractivity (Wildman–Crippen MR) is 242 cm³/mol. The standard InChI is InChI=1S/C47H57ClN8O5S/c1-29-23-34(11-12-37(29)51-46-49-27-32-24-36(48)45(59)56(43(32)53-46)33-5-2-3-6-33)62(60,61)35-25-47(26-35)17-21-54(22-18-47)28-30-15-19-55(20-16-30)40-8-4-7-38(42(40)31-9-10-31)50-39-13-14-41(57)52-44(39)58/h4,7-8,11-12,23-24,27,30-31,33,35,39,50H,2-3,5-6,9-10,13-22,25-26,28H2,1H3,(H,49,51,53)(H,52,57,58). The molecule has 1 unspecified atom stereocenters. The number of amides is 2. The normalized spacial score (nSPS) is 22.9. The summed E-state index contributed by atoms with van der Waals surface area (Å²) in [5.41, 5.74) is 5.57. The van der Waals surface area contributed by atoms with Crippen molar-refractivity contribution in [3.63, 3.8) is 0 Å². The van der Waals surface area contributed by atoms with Crippen molar-refractivity contribution < 1.29 is 18.0 Å². The van der Waals surface area contributed by atoms with Crippen molar-refractivity contribution in [3.8, 4) is 0 Å². The number of fused-ring (bicyclic) bond motifs is 1. The molecule has 2 amide bonds. The molecule has 3 N–H and O–H groups in total. The average Bonchev–Trinajstić information content (AvgIpc) is 3.95. The number of carbonyl (C=O) groups is 2. The van der Waals surface area contributed by atoms with Crippen LogP contribution in [0, 0.1) is 18.3 Å². The largest absolute Gasteiger partial charge is 0.373 e. The van der Waals surface area contributed by atoms with E-state index in [2.05, 4.69) is 48.9 Å². The van der Waals surface area contributed by atoms with Crippen molar-refractivity contribution >= 4 is 67.3 Å². The lowest BCUT2D eigenvalue weighted by Crippen LogP contribution is -2.52. The van der Waals surface area contributed by atoms with Crippen molar-refractivity contribution in [2.24, 2.45) is 11.3 Å². The highest BCUT2D eigenvalue weighted by Gasteiger charge is 2.51. The number of nitrogens with zero attached hydrogens (tertiary/aromatic N) is 5. The smallest absolute Gasteiger partial charge is 0.271 e. The quantitative estimate of drug-likeness (QED) is 0.127. The first-order valence-corrected chi connectivity index (χ1v) is 24.8. The van der Waals surface area contributed by atoms with E-state index in [0.717, 1.165) is 108 Å². The Morgan fingerprint density at radius 3 is 2.37 bits per heavy atom. The number of sulfone groups is 1. The van der Waals surface area contributed by atoms with Crippen LogP contribution in [-0.4, -0.2) is 83.7 Å². The number of anilines is 4. The van der Waals surface area contributed by atoms with Gasteiger partial charge in [-0.1, -0.05) is 30.5 Å². The number of benzene rings is 2. The van der Waals surface area contributed by atoms with Crippen LogP contribution in [0.15, 0.2) is 58.4 Å². The second-order valence-electron chi connectivity index (χ2n) is 19.1. The van der Waals surface area contributed by atoms with Crippen LogP contribution in [0.25, 0.3) is 11.0 Å². The van der Waals surface area contributed by atoms with Gasteiger partial charge in [-0.25, -0.2) is 13.4 Å². The van der Waals surface area contributed by atoms with Gasteiger partial charge in [-0.05, 0) is 150 Å². The summed E-state index contributed by atoms with van der Waals surface area (Å²) in [6, 6.07) is 13.0. The fraction of sp³-hybridized carbons (Fsp3) is 0.553. The summed E-state index contributed by atoms with van der Waals surface area (Å²) in [6.45, 7) is 7.05. The number of carbonyl (C=O) groups excluding carboxylic acids is 2. The van der Waals surface area contributed by atoms with Crippen LogP contribution in [-0.2, 0) is 19.4 Å². The minimum Gasteiger partial charge on any atom is -0.373 e. The molecule has 6 fully saturated rings. The predicted octanol–water partition coefficient (Wildman–Crippen LogP) is 7.64. The van der Waals surface area contributed by atoms with Crippen LogP contribution in [0.5, 0.6) is 0 Å². The number of hydrogen-bond acceptors (Lipinski definition) is 11. The maximum Gasteiger partial charge on any atom is 0.271 e. The number of pyridine rings is 1. The molecular formula is C47H57ClN8O5S. The van der Waals surface area contributed by atoms with Gasteiger partial charge in [0.1, 0.15) is 16.7 Å². The fourth-order valence-corrected chi connectivity index (χ4v) is 13.5. The van der Waals surface area contributed by atoms with Gasteiger partial charge in [-0.3, -0.25) is 24.3 Å². The van der Waals surface area contributed by atoms with Crippen molar-refractivity contribution in [1.82, 2.24) is 24.8 Å². The first kappa shape index (κ1) is 41.5. The van der Waals surface area contributed by atoms with Gasteiger partial charge >= 0.3 is 0 Å². The molecular weight excluding hydrogens is 824 g/mol. The van der Waals surface area contributed by atoms with Gasteiger partial charge in [0.25, 0.3) is 5.56 Å². The topological polar surface area (TPSA) is 159 Å². The molecule has 0 radical (unpaired) electrons. The Kier molecular flexibility index (Phi) is 11.1. The van der Waals surface area contributed by atoms with E-state index in [1.807, 2.05) is 6.92 Å². The maximum absolute atomic E-state index is 13.9. The summed E-state index contributed by atoms with van der Waals surface area (Å²) >= 11 is 6.32. The van der Waals surface area contributed by atoms with E-state index >= 15 is 0 Å². The number of aryl methyl sites for hydroxylation is 1. The van der Waals surface area contributed by atoms with Crippen molar-refractivity contribution in [1.29, 1.82) is 0 Å². The zero-order valence-electron chi connectivity index (χ0n) is 35.5. The second-order valence-corrected chi connectivity index (χ2v) is 21.8. The molecule has 13 nitrogen and oxygen atoms in total. The zero-order valence-corrected chi connectivity index (χ0v) is 37.1. The summed E-state index contributed by atoms with van der Waals surface area (Å²) in [7, 11) is -3.49. The molecule has 62 heavy (non-hydrogen) atoms. The molecule has 3 saturated heterocycles. The Morgan fingerprint density at radius 1 is 0.903 bits per heavy atom. The van der Waals surface area contributed by atoms with Gasteiger partial charge in [0.2, 0.25) is 17.8 Å². The van der Waals surface area contributed by atoms with E-state index < -0.39 is 9.84 Å². The van der Waals surface area contributed by atoms with Crippen LogP contribution in [0.4, 0.5) is 23.0 Å². The van der Waals surface area contributed by atoms with Crippen LogP contribution in [0.1, 0.15) is 113 Å². The van der Waals surface area contributed by atoms with Crippen LogP contribution in [0.3, 0.4) is 0 Å². The maximum atomic E-state index is 13.9. The summed E-state index contributed by atoms with van der Waals surface area (Å²) in [5, 5.41) is 9.76. The van der Waals surface area contributed by atoms with Gasteiger partial charge in [0, 0.05) is 66.3 Å². The molecule has 5 heterocycles. The molecule has 6 aliphatic rings. The van der Waals surface area contributed by atoms with Gasteiger partial charge in [-0.15, -0.1) is 0 Å². The van der Waals surface area contributed by atoms with Gasteiger partial charge < -0.3 is 20.4 Å². The number of likely N-dealkylation sites (tertiary alicyclic amines) is 1. The van der Waals surface area contributed by atoms with Crippen LogP contribution >= 0.6 is 11.6 Å². The number of halogens is 1. The Bertz CT molecular complexity index is 2570. The minimum absolute atomic E-state index is 0.0575. The molecule has 0 bridgehead atoms. The van der Waals surface area contributed by atoms with E-state index in [4.69, 9.17) is 16.6 Å². The monoisotopic (exact) mass is 880 g/mol. The van der Waals surface area contributed by atoms with Crippen molar-refractivity contribution in [2.45, 2.75) is 125 Å². The molecule has 3 saturated carbocycles. The lowest BCUT2D eigenvalue weighted by Gasteiger charge is -2.52. The van der Waals surface area contributed by atoms with E-state index in [0.29, 0.717) is 52.2 Å². The van der Waals surface area contributed by atoms with E-state index in [1.54, 1.807) is 35.0 Å². The number of aromatic nitrogens is 3. The molecule has 1 atom stereocenters. The molecule has 15 heteroatoms. The number of rotatable bonds is 11. The Labute approximate surface area is 368 Å². The molecule has 2 aromatic heterocycles. The first-order chi connectivity index (χ1) is 29.9.